The van der Waals surface area contributed by atoms with Crippen molar-refractivity contribution in [2.45, 2.75) is 13.0 Å². The highest BCUT2D eigenvalue weighted by Crippen LogP contribution is 2.37. The lowest BCUT2D eigenvalue weighted by atomic mass is 10.0. The van der Waals surface area contributed by atoms with Crippen LogP contribution in [0.1, 0.15) is 24.1 Å². The molecule has 0 fully saturated rings. The number of nitrogens with one attached hydrogen (secondary N) is 1. The molecule has 0 aliphatic heterocycles. The van der Waals surface area contributed by atoms with E-state index in [2.05, 4.69) is 40.3 Å². The van der Waals surface area contributed by atoms with E-state index < -0.39 is 0 Å². The maximum Gasteiger partial charge on any atom is 0.0995 e. The van der Waals surface area contributed by atoms with Crippen LogP contribution in [0.4, 0.5) is 0 Å². The van der Waals surface area contributed by atoms with Crippen LogP contribution in [0.2, 0.25) is 8.67 Å². The van der Waals surface area contributed by atoms with Crippen molar-refractivity contribution >= 4 is 50.5 Å². The van der Waals surface area contributed by atoms with Crippen LogP contribution in [-0.2, 0) is 0 Å². The lowest BCUT2D eigenvalue weighted by molar-refractivity contribution is 0.632. The Bertz CT molecular complexity index is 524. The van der Waals surface area contributed by atoms with Gasteiger partial charge in [0.1, 0.15) is 0 Å². The number of hydrogen-bond acceptors (Lipinski definition) is 2. The van der Waals surface area contributed by atoms with Crippen molar-refractivity contribution in [1.82, 2.24) is 5.32 Å². The number of thiophene rings is 1. The van der Waals surface area contributed by atoms with E-state index in [0.717, 1.165) is 25.3 Å². The normalized spacial score (nSPS) is 12.7. The second kappa shape index (κ2) is 6.40. The molecule has 96 valence electrons. The summed E-state index contributed by atoms with van der Waals surface area (Å²) in [4.78, 5) is 0. The van der Waals surface area contributed by atoms with Crippen molar-refractivity contribution in [3.8, 4) is 0 Å². The average Bonchev–Trinajstić information content (AvgIpc) is 2.67. The second-order valence-corrected chi connectivity index (χ2v) is 7.02. The van der Waals surface area contributed by atoms with E-state index >= 15 is 0 Å². The van der Waals surface area contributed by atoms with Gasteiger partial charge in [0, 0.05) is 10.0 Å². The topological polar surface area (TPSA) is 12.0 Å². The van der Waals surface area contributed by atoms with Gasteiger partial charge in [-0.3, -0.25) is 0 Å². The van der Waals surface area contributed by atoms with Crippen LogP contribution in [-0.4, -0.2) is 6.54 Å². The highest BCUT2D eigenvalue weighted by molar-refractivity contribution is 9.10. The molecule has 18 heavy (non-hydrogen) atoms. The SMILES string of the molecule is CCNC(c1ccc(Br)cc1)c1cc(Cl)sc1Cl. The number of rotatable bonds is 4. The standard InChI is InChI=1S/C13H12BrCl2NS/c1-2-17-12(8-3-5-9(14)6-4-8)10-7-11(15)18-13(10)16/h3-7,12,17H,2H2,1H3. The van der Waals surface area contributed by atoms with Gasteiger partial charge in [-0.05, 0) is 30.3 Å². The van der Waals surface area contributed by atoms with Gasteiger partial charge in [-0.1, -0.05) is 58.2 Å². The lowest BCUT2D eigenvalue weighted by Crippen LogP contribution is -2.21. The second-order valence-electron chi connectivity index (χ2n) is 3.82. The van der Waals surface area contributed by atoms with Crippen LogP contribution in [0.25, 0.3) is 0 Å². The van der Waals surface area contributed by atoms with Crippen LogP contribution in [0.15, 0.2) is 34.8 Å². The van der Waals surface area contributed by atoms with E-state index in [1.807, 2.05) is 18.2 Å². The van der Waals surface area contributed by atoms with E-state index in [4.69, 9.17) is 23.2 Å². The van der Waals surface area contributed by atoms with Gasteiger partial charge in [0.25, 0.3) is 0 Å². The average molecular weight is 365 g/mol. The van der Waals surface area contributed by atoms with Crippen molar-refractivity contribution in [3.05, 3.63) is 54.6 Å². The number of benzene rings is 1. The van der Waals surface area contributed by atoms with Crippen molar-refractivity contribution in [1.29, 1.82) is 0 Å². The Hall–Kier alpha value is -0.0600. The first kappa shape index (κ1) is 14.4. The highest BCUT2D eigenvalue weighted by Gasteiger charge is 2.18. The molecule has 1 N–H and O–H groups in total. The molecule has 1 atom stereocenters. The van der Waals surface area contributed by atoms with Crippen LogP contribution < -0.4 is 5.32 Å². The van der Waals surface area contributed by atoms with Gasteiger partial charge in [-0.15, -0.1) is 11.3 Å². The molecule has 1 heterocycles. The molecule has 0 aliphatic carbocycles. The first-order chi connectivity index (χ1) is 8.61. The Labute approximate surface area is 129 Å². The Balaban J connectivity index is 2.39. The molecule has 1 nitrogen and oxygen atoms in total. The fraction of sp³-hybridized carbons (Fsp3) is 0.231. The maximum atomic E-state index is 6.24. The summed E-state index contributed by atoms with van der Waals surface area (Å²) >= 11 is 17.1. The highest BCUT2D eigenvalue weighted by atomic mass is 79.9. The third-order valence-corrected chi connectivity index (χ3v) is 4.65. The third-order valence-electron chi connectivity index (χ3n) is 2.61. The zero-order valence-corrected chi connectivity index (χ0v) is 13.6. The Morgan fingerprint density at radius 3 is 2.44 bits per heavy atom. The monoisotopic (exact) mass is 363 g/mol. The van der Waals surface area contributed by atoms with E-state index in [-0.39, 0.29) is 6.04 Å². The zero-order chi connectivity index (χ0) is 13.1. The molecular formula is C13H12BrCl2NS. The van der Waals surface area contributed by atoms with Gasteiger partial charge >= 0.3 is 0 Å². The van der Waals surface area contributed by atoms with E-state index in [0.29, 0.717) is 0 Å². The Kier molecular flexibility index (Phi) is 5.10. The quantitative estimate of drug-likeness (QED) is 0.753. The summed E-state index contributed by atoms with van der Waals surface area (Å²) in [5, 5.41) is 3.44. The third kappa shape index (κ3) is 3.28. The molecule has 0 saturated heterocycles. The molecule has 1 aromatic carbocycles. The summed E-state index contributed by atoms with van der Waals surface area (Å²) < 4.78 is 2.53. The largest absolute Gasteiger partial charge is 0.306 e. The van der Waals surface area contributed by atoms with Gasteiger partial charge in [-0.2, -0.15) is 0 Å². The minimum atomic E-state index is 0.0827. The summed E-state index contributed by atoms with van der Waals surface area (Å²) in [6.45, 7) is 2.94. The Morgan fingerprint density at radius 1 is 1.28 bits per heavy atom. The van der Waals surface area contributed by atoms with Gasteiger partial charge in [-0.25, -0.2) is 0 Å². The van der Waals surface area contributed by atoms with Gasteiger partial charge in [0.15, 0.2) is 0 Å². The predicted octanol–water partition coefficient (Wildman–Crippen LogP) is 5.52. The molecule has 1 unspecified atom stereocenters. The minimum Gasteiger partial charge on any atom is -0.306 e. The molecule has 1 aromatic heterocycles. The van der Waals surface area contributed by atoms with Gasteiger partial charge in [0.2, 0.25) is 0 Å². The molecule has 0 spiro atoms. The van der Waals surface area contributed by atoms with Gasteiger partial charge < -0.3 is 5.32 Å². The van der Waals surface area contributed by atoms with Crippen molar-refractivity contribution in [2.24, 2.45) is 0 Å². The fourth-order valence-corrected chi connectivity index (χ4v) is 3.61. The van der Waals surface area contributed by atoms with E-state index in [9.17, 15) is 0 Å². The summed E-state index contributed by atoms with van der Waals surface area (Å²) in [5.74, 6) is 0. The fourth-order valence-electron chi connectivity index (χ4n) is 1.82. The summed E-state index contributed by atoms with van der Waals surface area (Å²) in [5.41, 5.74) is 2.22. The molecule has 2 aromatic rings. The minimum absolute atomic E-state index is 0.0827. The summed E-state index contributed by atoms with van der Waals surface area (Å²) in [6.07, 6.45) is 0. The molecule has 0 saturated carbocycles. The maximum absolute atomic E-state index is 6.24. The van der Waals surface area contributed by atoms with Crippen molar-refractivity contribution < 1.29 is 0 Å². The van der Waals surface area contributed by atoms with Crippen LogP contribution in [0, 0.1) is 0 Å². The number of hydrogen-bond donors (Lipinski definition) is 1. The van der Waals surface area contributed by atoms with E-state index in [1.165, 1.54) is 16.9 Å². The molecule has 0 amide bonds. The number of halogens is 3. The molecular weight excluding hydrogens is 353 g/mol. The molecule has 0 radical (unpaired) electrons. The Morgan fingerprint density at radius 2 is 1.94 bits per heavy atom. The van der Waals surface area contributed by atoms with E-state index in [1.54, 1.807) is 0 Å². The van der Waals surface area contributed by atoms with Crippen molar-refractivity contribution in [3.63, 3.8) is 0 Å². The van der Waals surface area contributed by atoms with Crippen molar-refractivity contribution in [2.75, 3.05) is 6.54 Å². The van der Waals surface area contributed by atoms with Gasteiger partial charge in [0.05, 0.1) is 14.7 Å². The summed E-state index contributed by atoms with van der Waals surface area (Å²) in [6, 6.07) is 10.2. The molecule has 5 heteroatoms. The molecule has 0 bridgehead atoms. The smallest absolute Gasteiger partial charge is 0.0995 e. The summed E-state index contributed by atoms with van der Waals surface area (Å²) in [7, 11) is 0. The first-order valence-electron chi connectivity index (χ1n) is 5.55. The molecule has 0 aliphatic rings. The first-order valence-corrected chi connectivity index (χ1v) is 7.92. The molecule has 2 rings (SSSR count). The zero-order valence-electron chi connectivity index (χ0n) is 9.71. The van der Waals surface area contributed by atoms with Crippen LogP contribution in [0.5, 0.6) is 0 Å². The lowest BCUT2D eigenvalue weighted by Gasteiger charge is -2.18. The predicted molar refractivity (Wildman–Crippen MR) is 84.0 cm³/mol. The van der Waals surface area contributed by atoms with Crippen LogP contribution >= 0.6 is 50.5 Å². The van der Waals surface area contributed by atoms with Crippen LogP contribution in [0.3, 0.4) is 0 Å².